The lowest BCUT2D eigenvalue weighted by Gasteiger charge is -2.19. The van der Waals surface area contributed by atoms with Gasteiger partial charge in [0.05, 0.1) is 12.6 Å². The molecule has 28 heavy (non-hydrogen) atoms. The van der Waals surface area contributed by atoms with E-state index in [4.69, 9.17) is 9.47 Å². The van der Waals surface area contributed by atoms with Crippen molar-refractivity contribution in [3.63, 3.8) is 0 Å². The Morgan fingerprint density at radius 1 is 1.29 bits per heavy atom. The number of rotatable bonds is 12. The maximum atomic E-state index is 14.3. The lowest BCUT2D eigenvalue weighted by Crippen LogP contribution is -2.38. The molecule has 7 heteroatoms. The van der Waals surface area contributed by atoms with E-state index in [2.05, 4.69) is 15.6 Å². The molecule has 1 saturated carbocycles. The Balaban J connectivity index is 0.00000392. The molecule has 1 aliphatic rings. The van der Waals surface area contributed by atoms with Crippen molar-refractivity contribution in [2.45, 2.75) is 52.5 Å². The number of unbranched alkanes of at least 4 members (excludes halogenated alkanes) is 1. The molecule has 1 atom stereocenters. The maximum Gasteiger partial charge on any atom is 0.191 e. The summed E-state index contributed by atoms with van der Waals surface area (Å²) < 4.78 is 25.2. The highest BCUT2D eigenvalue weighted by Crippen LogP contribution is 2.30. The Morgan fingerprint density at radius 3 is 2.71 bits per heavy atom. The van der Waals surface area contributed by atoms with E-state index in [-0.39, 0.29) is 35.8 Å². The van der Waals surface area contributed by atoms with E-state index in [0.29, 0.717) is 18.3 Å². The van der Waals surface area contributed by atoms with Gasteiger partial charge in [-0.25, -0.2) is 4.39 Å². The van der Waals surface area contributed by atoms with Crippen LogP contribution in [0.5, 0.6) is 5.75 Å². The highest BCUT2D eigenvalue weighted by atomic mass is 127. The van der Waals surface area contributed by atoms with Gasteiger partial charge >= 0.3 is 0 Å². The van der Waals surface area contributed by atoms with E-state index in [1.54, 1.807) is 12.1 Å². The van der Waals surface area contributed by atoms with Gasteiger partial charge in [-0.05, 0) is 70.1 Å². The van der Waals surface area contributed by atoms with Crippen LogP contribution in [0.25, 0.3) is 0 Å². The van der Waals surface area contributed by atoms with Crippen LogP contribution in [0.3, 0.4) is 0 Å². The molecule has 1 unspecified atom stereocenters. The van der Waals surface area contributed by atoms with Crippen LogP contribution in [-0.4, -0.2) is 38.9 Å². The van der Waals surface area contributed by atoms with Gasteiger partial charge in [0.1, 0.15) is 0 Å². The van der Waals surface area contributed by atoms with Gasteiger partial charge in [0.25, 0.3) is 0 Å². The Morgan fingerprint density at radius 2 is 2.07 bits per heavy atom. The zero-order valence-corrected chi connectivity index (χ0v) is 19.6. The second kappa shape index (κ2) is 14.0. The topological polar surface area (TPSA) is 54.9 Å². The van der Waals surface area contributed by atoms with Gasteiger partial charge in [0, 0.05) is 26.3 Å². The summed E-state index contributed by atoms with van der Waals surface area (Å²) in [6, 6.07) is 5.13. The fourth-order valence-corrected chi connectivity index (χ4v) is 2.66. The van der Waals surface area contributed by atoms with Crippen molar-refractivity contribution < 1.29 is 13.9 Å². The van der Waals surface area contributed by atoms with E-state index in [1.807, 2.05) is 26.8 Å². The van der Waals surface area contributed by atoms with E-state index < -0.39 is 0 Å². The third-order valence-electron chi connectivity index (χ3n) is 4.50. The van der Waals surface area contributed by atoms with Crippen molar-refractivity contribution >= 4 is 29.9 Å². The second-order valence-electron chi connectivity index (χ2n) is 6.97. The zero-order valence-electron chi connectivity index (χ0n) is 17.3. The summed E-state index contributed by atoms with van der Waals surface area (Å²) in [5.74, 6) is 1.39. The molecule has 2 N–H and O–H groups in total. The number of guanidine groups is 1. The van der Waals surface area contributed by atoms with Crippen LogP contribution in [0.4, 0.5) is 4.39 Å². The standard InChI is InChI=1S/C21H34FN3O2.HI/c1-4-23-21(24-12-6-7-13-26-5-2)25-16(3)18-10-11-20(19(22)14-18)27-15-17-8-9-17;/h10-11,14,16-17H,4-9,12-13,15H2,1-3H3,(H2,23,24,25);1H. The lowest BCUT2D eigenvalue weighted by molar-refractivity contribution is 0.144. The quantitative estimate of drug-likeness (QED) is 0.187. The van der Waals surface area contributed by atoms with Crippen molar-refractivity contribution in [1.82, 2.24) is 10.6 Å². The summed E-state index contributed by atoms with van der Waals surface area (Å²) in [7, 11) is 0. The molecule has 1 aromatic rings. The summed E-state index contributed by atoms with van der Waals surface area (Å²) in [5, 5.41) is 6.58. The average molecular weight is 507 g/mol. The molecule has 5 nitrogen and oxygen atoms in total. The Labute approximate surface area is 185 Å². The van der Waals surface area contributed by atoms with E-state index in [0.717, 1.165) is 50.7 Å². The van der Waals surface area contributed by atoms with Crippen LogP contribution in [0.1, 0.15) is 58.1 Å². The molecule has 0 bridgehead atoms. The van der Waals surface area contributed by atoms with Crippen LogP contribution >= 0.6 is 24.0 Å². The summed E-state index contributed by atoms with van der Waals surface area (Å²) in [4.78, 5) is 4.59. The van der Waals surface area contributed by atoms with Gasteiger partial charge in [-0.15, -0.1) is 24.0 Å². The summed E-state index contributed by atoms with van der Waals surface area (Å²) in [5.41, 5.74) is 0.869. The van der Waals surface area contributed by atoms with Crippen LogP contribution in [-0.2, 0) is 4.74 Å². The van der Waals surface area contributed by atoms with E-state index in [9.17, 15) is 4.39 Å². The molecular weight excluding hydrogens is 472 g/mol. The largest absolute Gasteiger partial charge is 0.490 e. The average Bonchev–Trinajstić information content (AvgIpc) is 3.48. The molecular formula is C21H35FIN3O2. The number of hydrogen-bond acceptors (Lipinski definition) is 3. The van der Waals surface area contributed by atoms with Gasteiger partial charge in [-0.2, -0.15) is 0 Å². The third-order valence-corrected chi connectivity index (χ3v) is 4.50. The number of ether oxygens (including phenoxy) is 2. The van der Waals surface area contributed by atoms with Gasteiger partial charge < -0.3 is 20.1 Å². The first-order valence-electron chi connectivity index (χ1n) is 10.2. The van der Waals surface area contributed by atoms with Gasteiger partial charge in [0.15, 0.2) is 17.5 Å². The summed E-state index contributed by atoms with van der Waals surface area (Å²) in [6.07, 6.45) is 4.37. The number of halogens is 2. The highest BCUT2D eigenvalue weighted by Gasteiger charge is 2.22. The van der Waals surface area contributed by atoms with Crippen molar-refractivity contribution in [3.05, 3.63) is 29.6 Å². The SMILES string of the molecule is CCNC(=NCCCCOCC)NC(C)c1ccc(OCC2CC2)c(F)c1.I. The Bertz CT molecular complexity index is 597. The molecule has 1 fully saturated rings. The monoisotopic (exact) mass is 507 g/mol. The first-order valence-corrected chi connectivity index (χ1v) is 10.2. The molecule has 1 aliphatic carbocycles. The van der Waals surface area contributed by atoms with Crippen LogP contribution < -0.4 is 15.4 Å². The Hall–Kier alpha value is -1.09. The van der Waals surface area contributed by atoms with Crippen LogP contribution in [0.15, 0.2) is 23.2 Å². The molecule has 0 spiro atoms. The number of nitrogens with one attached hydrogen (secondary N) is 2. The molecule has 0 radical (unpaired) electrons. The molecule has 0 aliphatic heterocycles. The number of nitrogens with zero attached hydrogens (tertiary/aromatic N) is 1. The highest BCUT2D eigenvalue weighted by molar-refractivity contribution is 14.0. The number of aliphatic imine (C=N–C) groups is 1. The molecule has 0 amide bonds. The minimum atomic E-state index is -0.306. The van der Waals surface area contributed by atoms with E-state index in [1.165, 1.54) is 12.8 Å². The molecule has 0 heterocycles. The van der Waals surface area contributed by atoms with Crippen molar-refractivity contribution in [3.8, 4) is 5.75 Å². The maximum absolute atomic E-state index is 14.3. The van der Waals surface area contributed by atoms with Gasteiger partial charge in [-0.1, -0.05) is 6.07 Å². The van der Waals surface area contributed by atoms with Crippen LogP contribution in [0, 0.1) is 11.7 Å². The van der Waals surface area contributed by atoms with Crippen molar-refractivity contribution in [2.75, 3.05) is 32.9 Å². The number of hydrogen-bond donors (Lipinski definition) is 2. The number of benzene rings is 1. The summed E-state index contributed by atoms with van der Waals surface area (Å²) in [6.45, 7) is 9.69. The van der Waals surface area contributed by atoms with E-state index >= 15 is 0 Å². The van der Waals surface area contributed by atoms with Crippen LogP contribution in [0.2, 0.25) is 0 Å². The molecule has 160 valence electrons. The first kappa shape index (κ1) is 24.9. The lowest BCUT2D eigenvalue weighted by atomic mass is 10.1. The normalized spacial score (nSPS) is 14.9. The molecule has 0 aromatic heterocycles. The zero-order chi connectivity index (χ0) is 19.5. The Kier molecular flexibility index (Phi) is 12.5. The minimum absolute atomic E-state index is 0. The first-order chi connectivity index (χ1) is 13.1. The fourth-order valence-electron chi connectivity index (χ4n) is 2.66. The fraction of sp³-hybridized carbons (Fsp3) is 0.667. The molecule has 1 aromatic carbocycles. The predicted molar refractivity (Wildman–Crippen MR) is 123 cm³/mol. The third kappa shape index (κ3) is 9.41. The predicted octanol–water partition coefficient (Wildman–Crippen LogP) is 4.67. The van der Waals surface area contributed by atoms with Crippen molar-refractivity contribution in [2.24, 2.45) is 10.9 Å². The summed E-state index contributed by atoms with van der Waals surface area (Å²) >= 11 is 0. The van der Waals surface area contributed by atoms with Gasteiger partial charge in [-0.3, -0.25) is 4.99 Å². The van der Waals surface area contributed by atoms with Gasteiger partial charge in [0.2, 0.25) is 0 Å². The van der Waals surface area contributed by atoms with Crippen molar-refractivity contribution in [1.29, 1.82) is 0 Å². The second-order valence-corrected chi connectivity index (χ2v) is 6.97. The molecule has 0 saturated heterocycles. The molecule has 2 rings (SSSR count). The minimum Gasteiger partial charge on any atom is -0.490 e. The smallest absolute Gasteiger partial charge is 0.191 e.